The van der Waals surface area contributed by atoms with Crippen molar-refractivity contribution >= 4 is 32.7 Å². The van der Waals surface area contributed by atoms with E-state index in [1.165, 1.54) is 38.6 Å². The van der Waals surface area contributed by atoms with Gasteiger partial charge in [-0.2, -0.15) is 0 Å². The predicted molar refractivity (Wildman–Crippen MR) is 216 cm³/mol. The maximum atomic E-state index is 6.30. The fraction of sp³-hybridized carbons (Fsp3) is 0. The molecule has 0 bridgehead atoms. The number of hydrogen-bond acceptors (Lipinski definition) is 4. The summed E-state index contributed by atoms with van der Waals surface area (Å²) in [5, 5.41) is 4.60. The maximum Gasteiger partial charge on any atom is 0.164 e. The molecule has 0 saturated heterocycles. The highest BCUT2D eigenvalue weighted by atomic mass is 16.3. The Morgan fingerprint density at radius 2 is 0.887 bits per heavy atom. The van der Waals surface area contributed by atoms with Crippen molar-refractivity contribution in [2.45, 2.75) is 0 Å². The van der Waals surface area contributed by atoms with E-state index in [1.807, 2.05) is 42.5 Å². The van der Waals surface area contributed by atoms with Gasteiger partial charge in [0.25, 0.3) is 0 Å². The number of rotatable bonds is 5. The fourth-order valence-electron chi connectivity index (χ4n) is 8.16. The summed E-state index contributed by atoms with van der Waals surface area (Å²) >= 11 is 0. The van der Waals surface area contributed by atoms with Gasteiger partial charge >= 0.3 is 0 Å². The number of benzene rings is 8. The number of para-hydroxylation sites is 1. The first-order valence-electron chi connectivity index (χ1n) is 17.9. The Morgan fingerprint density at radius 3 is 1.77 bits per heavy atom. The Bertz CT molecular complexity index is 3060. The molecule has 1 aliphatic carbocycles. The monoisotopic (exact) mass is 675 g/mol. The first-order chi connectivity index (χ1) is 26.3. The predicted octanol–water partition coefficient (Wildman–Crippen LogP) is 12.9. The van der Waals surface area contributed by atoms with Crippen molar-refractivity contribution in [2.75, 3.05) is 0 Å². The van der Waals surface area contributed by atoms with E-state index in [0.717, 1.165) is 55.3 Å². The molecule has 2 heterocycles. The smallest absolute Gasteiger partial charge is 0.164 e. The first-order valence-corrected chi connectivity index (χ1v) is 17.9. The number of aromatic nitrogens is 3. The molecule has 0 N–H and O–H groups in total. The summed E-state index contributed by atoms with van der Waals surface area (Å²) < 4.78 is 6.30. The molecule has 2 aromatic heterocycles. The van der Waals surface area contributed by atoms with Crippen molar-refractivity contribution in [3.63, 3.8) is 0 Å². The van der Waals surface area contributed by atoms with Crippen LogP contribution >= 0.6 is 0 Å². The zero-order chi connectivity index (χ0) is 34.9. The second-order valence-corrected chi connectivity index (χ2v) is 13.5. The minimum Gasteiger partial charge on any atom is -0.456 e. The van der Waals surface area contributed by atoms with Gasteiger partial charge in [-0.05, 0) is 73.5 Å². The number of fused-ring (bicyclic) bond motifs is 6. The van der Waals surface area contributed by atoms with Crippen molar-refractivity contribution in [1.82, 2.24) is 15.0 Å². The number of hydrogen-bond donors (Lipinski definition) is 0. The quantitative estimate of drug-likeness (QED) is 0.182. The lowest BCUT2D eigenvalue weighted by atomic mass is 9.92. The van der Waals surface area contributed by atoms with Gasteiger partial charge in [-0.15, -0.1) is 0 Å². The lowest BCUT2D eigenvalue weighted by Gasteiger charge is -2.14. The summed E-state index contributed by atoms with van der Waals surface area (Å²) in [6.45, 7) is 0. The molecule has 0 saturated carbocycles. The third-order valence-corrected chi connectivity index (χ3v) is 10.5. The molecule has 8 aromatic carbocycles. The van der Waals surface area contributed by atoms with Crippen molar-refractivity contribution in [3.05, 3.63) is 176 Å². The largest absolute Gasteiger partial charge is 0.456 e. The zero-order valence-corrected chi connectivity index (χ0v) is 28.5. The molecule has 4 heteroatoms. The van der Waals surface area contributed by atoms with Gasteiger partial charge in [0.1, 0.15) is 11.2 Å². The normalized spacial score (nSPS) is 11.8. The molecular formula is C49H29N3O. The van der Waals surface area contributed by atoms with Crippen LogP contribution in [-0.2, 0) is 0 Å². The van der Waals surface area contributed by atoms with Crippen molar-refractivity contribution in [1.29, 1.82) is 0 Å². The molecule has 53 heavy (non-hydrogen) atoms. The summed E-state index contributed by atoms with van der Waals surface area (Å²) in [6.07, 6.45) is 0. The highest BCUT2D eigenvalue weighted by Gasteiger charge is 2.25. The van der Waals surface area contributed by atoms with Crippen molar-refractivity contribution in [2.24, 2.45) is 0 Å². The minimum atomic E-state index is 0.596. The summed E-state index contributed by atoms with van der Waals surface area (Å²) in [4.78, 5) is 15.7. The van der Waals surface area contributed by atoms with Crippen LogP contribution in [0.5, 0.6) is 0 Å². The van der Waals surface area contributed by atoms with E-state index in [4.69, 9.17) is 19.4 Å². The van der Waals surface area contributed by atoms with Gasteiger partial charge in [0, 0.05) is 27.5 Å². The van der Waals surface area contributed by atoms with E-state index in [9.17, 15) is 0 Å². The molecule has 0 radical (unpaired) electrons. The van der Waals surface area contributed by atoms with E-state index in [1.54, 1.807) is 0 Å². The highest BCUT2D eigenvalue weighted by Crippen LogP contribution is 2.51. The van der Waals surface area contributed by atoms with Crippen molar-refractivity contribution < 1.29 is 4.42 Å². The van der Waals surface area contributed by atoms with Gasteiger partial charge in [0.05, 0.1) is 0 Å². The molecule has 4 nitrogen and oxygen atoms in total. The lowest BCUT2D eigenvalue weighted by Crippen LogP contribution is -2.01. The number of nitrogens with zero attached hydrogens (tertiary/aromatic N) is 3. The molecule has 0 spiro atoms. The summed E-state index contributed by atoms with van der Waals surface area (Å²) in [7, 11) is 0. The summed E-state index contributed by atoms with van der Waals surface area (Å²) in [5.41, 5.74) is 13.9. The summed E-state index contributed by atoms with van der Waals surface area (Å²) in [5.74, 6) is 1.82. The van der Waals surface area contributed by atoms with Crippen LogP contribution in [0.1, 0.15) is 0 Å². The van der Waals surface area contributed by atoms with E-state index in [0.29, 0.717) is 17.5 Å². The standard InChI is InChI=1S/C49H29N3O/c1-2-13-30(14-3-1)34-19-4-5-20-38(34)48-50-47(51-49(52-48)41-26-12-28-43-46(41)39-21-6-7-27-42(39)53-43)33-18-8-17-32(29-33)35-22-11-24-37-36-23-9-15-31-16-10-25-40(44(31)36)45(35)37/h1-29H. The van der Waals surface area contributed by atoms with Crippen LogP contribution in [0.3, 0.4) is 0 Å². The topological polar surface area (TPSA) is 51.8 Å². The zero-order valence-electron chi connectivity index (χ0n) is 28.5. The van der Waals surface area contributed by atoms with Crippen LogP contribution in [-0.4, -0.2) is 15.0 Å². The molecule has 1 aliphatic rings. The van der Waals surface area contributed by atoms with Crippen LogP contribution in [0.15, 0.2) is 180 Å². The first kappa shape index (κ1) is 29.5. The van der Waals surface area contributed by atoms with E-state index < -0.39 is 0 Å². The van der Waals surface area contributed by atoms with Gasteiger partial charge in [-0.3, -0.25) is 0 Å². The Kier molecular flexibility index (Phi) is 6.52. The molecule has 11 rings (SSSR count). The molecule has 0 fully saturated rings. The van der Waals surface area contributed by atoms with Crippen LogP contribution < -0.4 is 0 Å². The molecule has 0 aliphatic heterocycles. The van der Waals surface area contributed by atoms with Crippen LogP contribution in [0, 0.1) is 0 Å². The average molecular weight is 676 g/mol. The molecule has 246 valence electrons. The van der Waals surface area contributed by atoms with Crippen LogP contribution in [0.2, 0.25) is 0 Å². The summed E-state index contributed by atoms with van der Waals surface area (Å²) in [6, 6.07) is 61.5. The van der Waals surface area contributed by atoms with Crippen LogP contribution in [0.25, 0.3) is 111 Å². The average Bonchev–Trinajstić information content (AvgIpc) is 3.78. The molecule has 0 unspecified atom stereocenters. The Hall–Kier alpha value is -7.17. The van der Waals surface area contributed by atoms with Gasteiger partial charge in [0.2, 0.25) is 0 Å². The van der Waals surface area contributed by atoms with E-state index in [-0.39, 0.29) is 0 Å². The second-order valence-electron chi connectivity index (χ2n) is 13.5. The third kappa shape index (κ3) is 4.66. The van der Waals surface area contributed by atoms with Gasteiger partial charge in [0.15, 0.2) is 17.5 Å². The fourth-order valence-corrected chi connectivity index (χ4v) is 8.16. The highest BCUT2D eigenvalue weighted by molar-refractivity contribution is 6.18. The lowest BCUT2D eigenvalue weighted by molar-refractivity contribution is 0.669. The van der Waals surface area contributed by atoms with Gasteiger partial charge in [-0.1, -0.05) is 158 Å². The Labute approximate surface area is 305 Å². The Morgan fingerprint density at radius 1 is 0.321 bits per heavy atom. The van der Waals surface area contributed by atoms with E-state index in [2.05, 4.69) is 133 Å². The molecule has 0 atom stereocenters. The van der Waals surface area contributed by atoms with Crippen molar-refractivity contribution in [3.8, 4) is 78.7 Å². The third-order valence-electron chi connectivity index (χ3n) is 10.5. The van der Waals surface area contributed by atoms with Gasteiger partial charge < -0.3 is 4.42 Å². The van der Waals surface area contributed by atoms with Crippen LogP contribution in [0.4, 0.5) is 0 Å². The number of furan rings is 1. The molecule has 0 amide bonds. The Balaban J connectivity index is 1.13. The SMILES string of the molecule is c1ccc(-c2ccccc2-c2nc(-c3cccc(-c4cccc5c4-c4cccc6cccc-5c46)c3)nc(-c3cccc4oc5ccccc5c34)n2)cc1. The van der Waals surface area contributed by atoms with E-state index >= 15 is 0 Å². The molecule has 10 aromatic rings. The second kappa shape index (κ2) is 11.7. The van der Waals surface area contributed by atoms with Gasteiger partial charge in [-0.25, -0.2) is 15.0 Å². The maximum absolute atomic E-state index is 6.30. The molecular weight excluding hydrogens is 647 g/mol. The minimum absolute atomic E-state index is 0.596.